The number of nitrogens with one attached hydrogen (secondary N) is 1. The molecular formula is C19H12Cl2NO4S2-. The first kappa shape index (κ1) is 20.5. The Morgan fingerprint density at radius 1 is 0.929 bits per heavy atom. The Morgan fingerprint density at radius 2 is 1.57 bits per heavy atom. The Kier molecular flexibility index (Phi) is 6.20. The number of halogens is 2. The molecule has 0 aliphatic rings. The molecule has 1 N–H and O–H groups in total. The second-order valence-electron chi connectivity index (χ2n) is 5.57. The van der Waals surface area contributed by atoms with E-state index in [0.717, 1.165) is 17.0 Å². The van der Waals surface area contributed by atoms with Crippen LogP contribution in [-0.2, 0) is 10.0 Å². The summed E-state index contributed by atoms with van der Waals surface area (Å²) in [5.74, 6) is -1.60. The van der Waals surface area contributed by atoms with Crippen molar-refractivity contribution in [2.24, 2.45) is 0 Å². The van der Waals surface area contributed by atoms with Crippen LogP contribution in [0, 0.1) is 0 Å². The first-order valence-corrected chi connectivity index (χ1v) is 10.9. The molecule has 0 saturated heterocycles. The highest BCUT2D eigenvalue weighted by Gasteiger charge is 2.22. The number of aromatic carboxylic acids is 1. The average molecular weight is 453 g/mol. The Labute approximate surface area is 176 Å². The van der Waals surface area contributed by atoms with Crippen LogP contribution >= 0.6 is 35.0 Å². The monoisotopic (exact) mass is 452 g/mol. The lowest BCUT2D eigenvalue weighted by Crippen LogP contribution is -2.23. The van der Waals surface area contributed by atoms with Gasteiger partial charge in [0.2, 0.25) is 0 Å². The molecule has 0 aromatic heterocycles. The SMILES string of the molecule is O=C([O-])c1cc(S(=O)(=O)Nc2ccccc2Sc2ccccc2)c(Cl)cc1Cl. The second kappa shape index (κ2) is 8.45. The number of carboxylic acids is 1. The number of hydrogen-bond donors (Lipinski definition) is 1. The highest BCUT2D eigenvalue weighted by molar-refractivity contribution is 7.99. The third-order valence-corrected chi connectivity index (χ3v) is 6.86. The Morgan fingerprint density at radius 3 is 2.25 bits per heavy atom. The number of hydrogen-bond acceptors (Lipinski definition) is 5. The van der Waals surface area contributed by atoms with Crippen molar-refractivity contribution in [1.82, 2.24) is 0 Å². The van der Waals surface area contributed by atoms with Crippen LogP contribution in [0.4, 0.5) is 5.69 Å². The maximum absolute atomic E-state index is 12.9. The number of carboxylic acid groups (broad SMARTS) is 1. The van der Waals surface area contributed by atoms with Gasteiger partial charge in [-0.1, -0.05) is 65.3 Å². The fourth-order valence-corrected chi connectivity index (χ4v) is 5.27. The van der Waals surface area contributed by atoms with E-state index in [2.05, 4.69) is 4.72 Å². The van der Waals surface area contributed by atoms with Crippen LogP contribution in [0.5, 0.6) is 0 Å². The van der Waals surface area contributed by atoms with Crippen molar-refractivity contribution in [1.29, 1.82) is 0 Å². The molecule has 0 unspecified atom stereocenters. The third-order valence-electron chi connectivity index (χ3n) is 3.63. The van der Waals surface area contributed by atoms with Gasteiger partial charge in [-0.2, -0.15) is 0 Å². The Balaban J connectivity index is 1.98. The number of sulfonamides is 1. The summed E-state index contributed by atoms with van der Waals surface area (Å²) in [5.41, 5.74) is -0.129. The lowest BCUT2D eigenvalue weighted by molar-refractivity contribution is -0.255. The molecule has 0 saturated carbocycles. The van der Waals surface area contributed by atoms with Crippen LogP contribution in [0.1, 0.15) is 10.4 Å². The van der Waals surface area contributed by atoms with Crippen molar-refractivity contribution in [3.8, 4) is 0 Å². The van der Waals surface area contributed by atoms with Crippen LogP contribution in [0.2, 0.25) is 10.0 Å². The standard InChI is InChI=1S/C19H13Cl2NO4S2/c20-14-11-15(21)18(10-13(14)19(23)24)28(25,26)22-16-8-4-5-9-17(16)27-12-6-2-1-3-7-12/h1-11,22H,(H,23,24)/p-1. The molecule has 0 radical (unpaired) electrons. The first-order chi connectivity index (χ1) is 13.3. The van der Waals surface area contributed by atoms with Gasteiger partial charge in [0.1, 0.15) is 4.90 Å². The third kappa shape index (κ3) is 4.62. The summed E-state index contributed by atoms with van der Waals surface area (Å²) in [6, 6.07) is 18.2. The number of carbonyl (C=O) groups excluding carboxylic acids is 1. The van der Waals surface area contributed by atoms with Gasteiger partial charge in [-0.3, -0.25) is 4.72 Å². The maximum Gasteiger partial charge on any atom is 0.263 e. The van der Waals surface area contributed by atoms with E-state index in [-0.39, 0.29) is 10.0 Å². The Bertz CT molecular complexity index is 1140. The lowest BCUT2D eigenvalue weighted by atomic mass is 10.2. The number of anilines is 1. The topological polar surface area (TPSA) is 86.3 Å². The lowest BCUT2D eigenvalue weighted by Gasteiger charge is -2.15. The van der Waals surface area contributed by atoms with Crippen LogP contribution < -0.4 is 9.83 Å². The summed E-state index contributed by atoms with van der Waals surface area (Å²) in [6.45, 7) is 0. The molecule has 0 atom stereocenters. The first-order valence-electron chi connectivity index (χ1n) is 7.83. The van der Waals surface area contributed by atoms with Gasteiger partial charge in [0.25, 0.3) is 10.0 Å². The molecule has 5 nitrogen and oxygen atoms in total. The summed E-state index contributed by atoms with van der Waals surface area (Å²) in [4.78, 5) is 12.4. The normalized spacial score (nSPS) is 11.2. The molecule has 0 aliphatic heterocycles. The van der Waals surface area contributed by atoms with E-state index in [4.69, 9.17) is 23.2 Å². The van der Waals surface area contributed by atoms with Gasteiger partial charge in [0.15, 0.2) is 0 Å². The van der Waals surface area contributed by atoms with Gasteiger partial charge in [-0.25, -0.2) is 8.42 Å². The minimum absolute atomic E-state index is 0.198. The van der Waals surface area contributed by atoms with Crippen molar-refractivity contribution in [2.45, 2.75) is 14.7 Å². The minimum atomic E-state index is -4.18. The molecule has 144 valence electrons. The number of rotatable bonds is 6. The van der Waals surface area contributed by atoms with E-state index < -0.39 is 26.5 Å². The Hall–Kier alpha value is -2.19. The fourth-order valence-electron chi connectivity index (χ4n) is 2.35. The van der Waals surface area contributed by atoms with E-state index in [0.29, 0.717) is 10.6 Å². The van der Waals surface area contributed by atoms with Crippen molar-refractivity contribution >= 4 is 56.6 Å². The number of carbonyl (C=O) groups is 1. The smallest absolute Gasteiger partial charge is 0.263 e. The predicted octanol–water partition coefficient (Wildman–Crippen LogP) is 4.31. The molecule has 0 heterocycles. The predicted molar refractivity (Wildman–Crippen MR) is 109 cm³/mol. The minimum Gasteiger partial charge on any atom is -0.545 e. The van der Waals surface area contributed by atoms with Crippen molar-refractivity contribution in [2.75, 3.05) is 4.72 Å². The zero-order valence-corrected chi connectivity index (χ0v) is 17.2. The maximum atomic E-state index is 12.9. The van der Waals surface area contributed by atoms with Gasteiger partial charge in [-0.05, 0) is 36.4 Å². The molecule has 9 heteroatoms. The summed E-state index contributed by atoms with van der Waals surface area (Å²) in [6.07, 6.45) is 0. The summed E-state index contributed by atoms with van der Waals surface area (Å²) in [7, 11) is -4.18. The summed E-state index contributed by atoms with van der Waals surface area (Å²) >= 11 is 13.2. The molecule has 0 amide bonds. The molecule has 0 bridgehead atoms. The number of para-hydroxylation sites is 1. The quantitative estimate of drug-likeness (QED) is 0.601. The second-order valence-corrected chi connectivity index (χ2v) is 9.15. The van der Waals surface area contributed by atoms with E-state index in [1.54, 1.807) is 24.3 Å². The zero-order chi connectivity index (χ0) is 20.3. The van der Waals surface area contributed by atoms with Gasteiger partial charge in [-0.15, -0.1) is 0 Å². The van der Waals surface area contributed by atoms with Crippen LogP contribution in [0.3, 0.4) is 0 Å². The van der Waals surface area contributed by atoms with E-state index in [9.17, 15) is 18.3 Å². The molecule has 0 spiro atoms. The highest BCUT2D eigenvalue weighted by Crippen LogP contribution is 2.35. The largest absolute Gasteiger partial charge is 0.545 e. The zero-order valence-electron chi connectivity index (χ0n) is 14.1. The van der Waals surface area contributed by atoms with E-state index in [1.165, 1.54) is 11.8 Å². The average Bonchev–Trinajstić information content (AvgIpc) is 2.63. The highest BCUT2D eigenvalue weighted by atomic mass is 35.5. The van der Waals surface area contributed by atoms with Crippen molar-refractivity contribution in [3.63, 3.8) is 0 Å². The van der Waals surface area contributed by atoms with Gasteiger partial charge >= 0.3 is 0 Å². The summed E-state index contributed by atoms with van der Waals surface area (Å²) in [5, 5.41) is 10.8. The molecule has 3 aromatic rings. The van der Waals surface area contributed by atoms with E-state index in [1.807, 2.05) is 30.3 Å². The molecule has 0 fully saturated rings. The summed E-state index contributed by atoms with van der Waals surface area (Å²) < 4.78 is 28.2. The molecule has 3 aromatic carbocycles. The van der Waals surface area contributed by atoms with Crippen molar-refractivity contribution < 1.29 is 18.3 Å². The number of benzene rings is 3. The molecular weight excluding hydrogens is 441 g/mol. The van der Waals surface area contributed by atoms with Gasteiger partial charge < -0.3 is 9.90 Å². The van der Waals surface area contributed by atoms with Crippen molar-refractivity contribution in [3.05, 3.63) is 82.3 Å². The molecule has 28 heavy (non-hydrogen) atoms. The van der Waals surface area contributed by atoms with Gasteiger partial charge in [0, 0.05) is 15.4 Å². The van der Waals surface area contributed by atoms with Crippen LogP contribution in [-0.4, -0.2) is 14.4 Å². The molecule has 0 aliphatic carbocycles. The molecule has 3 rings (SSSR count). The van der Waals surface area contributed by atoms with Gasteiger partial charge in [0.05, 0.1) is 21.7 Å². The van der Waals surface area contributed by atoms with Crippen LogP contribution in [0.15, 0.2) is 81.4 Å². The van der Waals surface area contributed by atoms with Crippen LogP contribution in [0.25, 0.3) is 0 Å². The fraction of sp³-hybridized carbons (Fsp3) is 0. The van der Waals surface area contributed by atoms with E-state index >= 15 is 0 Å².